The van der Waals surface area contributed by atoms with Crippen LogP contribution >= 0.6 is 0 Å². The second-order valence-corrected chi connectivity index (χ2v) is 7.18. The van der Waals surface area contributed by atoms with Crippen molar-refractivity contribution in [1.82, 2.24) is 9.97 Å². The van der Waals surface area contributed by atoms with Crippen molar-refractivity contribution in [2.45, 2.75) is 39.7 Å². The third kappa shape index (κ3) is 3.36. The second kappa shape index (κ2) is 7.43. The largest absolute Gasteiger partial charge is 0.340 e. The van der Waals surface area contributed by atoms with E-state index in [1.807, 2.05) is 48.2 Å². The summed E-state index contributed by atoms with van der Waals surface area (Å²) in [6, 6.07) is 18.1. The monoisotopic (exact) mass is 372 g/mol. The summed E-state index contributed by atoms with van der Waals surface area (Å²) < 4.78 is 0. The van der Waals surface area contributed by atoms with Gasteiger partial charge in [-0.2, -0.15) is 0 Å². The van der Waals surface area contributed by atoms with Crippen molar-refractivity contribution in [3.05, 3.63) is 77.2 Å². The molecule has 0 saturated heterocycles. The van der Waals surface area contributed by atoms with E-state index in [1.165, 1.54) is 11.1 Å². The highest BCUT2D eigenvalue weighted by Crippen LogP contribution is 2.33. The molecule has 28 heavy (non-hydrogen) atoms. The van der Waals surface area contributed by atoms with Crippen LogP contribution in [0.15, 0.2) is 54.6 Å². The Kier molecular flexibility index (Phi) is 4.82. The molecule has 142 valence electrons. The smallest absolute Gasteiger partial charge is 0.277 e. The molecule has 1 aromatic heterocycles. The van der Waals surface area contributed by atoms with Crippen molar-refractivity contribution in [2.24, 2.45) is 0 Å². The van der Waals surface area contributed by atoms with Crippen molar-refractivity contribution < 1.29 is 4.79 Å². The predicted molar refractivity (Wildman–Crippen MR) is 112 cm³/mol. The van der Waals surface area contributed by atoms with Gasteiger partial charge < -0.3 is 10.2 Å². The molecular formula is C23H24N4O. The number of nitrogens with zero attached hydrogens (tertiary/aromatic N) is 3. The molecule has 1 amide bonds. The SMILES string of the molecule is CCc1ccccc1Nc1cc(C(=O)N2c3ccccc3CC2C)nc(C)n1. The van der Waals surface area contributed by atoms with Gasteiger partial charge in [0.05, 0.1) is 0 Å². The lowest BCUT2D eigenvalue weighted by molar-refractivity contribution is 0.0976. The van der Waals surface area contributed by atoms with E-state index in [0.717, 1.165) is 24.2 Å². The van der Waals surface area contributed by atoms with Gasteiger partial charge in [0.15, 0.2) is 0 Å². The van der Waals surface area contributed by atoms with Crippen molar-refractivity contribution >= 4 is 23.1 Å². The van der Waals surface area contributed by atoms with Crippen LogP contribution in [0.2, 0.25) is 0 Å². The van der Waals surface area contributed by atoms with Gasteiger partial charge in [-0.3, -0.25) is 4.79 Å². The Morgan fingerprint density at radius 2 is 1.89 bits per heavy atom. The van der Waals surface area contributed by atoms with E-state index in [1.54, 1.807) is 6.07 Å². The number of hydrogen-bond acceptors (Lipinski definition) is 4. The number of amides is 1. The number of anilines is 3. The molecular weight excluding hydrogens is 348 g/mol. The van der Waals surface area contributed by atoms with Gasteiger partial charge in [-0.15, -0.1) is 0 Å². The fourth-order valence-corrected chi connectivity index (χ4v) is 3.83. The lowest BCUT2D eigenvalue weighted by Gasteiger charge is -2.22. The van der Waals surface area contributed by atoms with Gasteiger partial charge in [0.1, 0.15) is 17.3 Å². The molecule has 5 heteroatoms. The molecule has 2 aromatic carbocycles. The molecule has 0 saturated carbocycles. The van der Waals surface area contributed by atoms with E-state index in [4.69, 9.17) is 0 Å². The van der Waals surface area contributed by atoms with Crippen LogP contribution in [0.5, 0.6) is 0 Å². The van der Waals surface area contributed by atoms with E-state index in [0.29, 0.717) is 17.3 Å². The number of para-hydroxylation sites is 2. The van der Waals surface area contributed by atoms with Crippen LogP contribution in [0.1, 0.15) is 41.3 Å². The highest BCUT2D eigenvalue weighted by molar-refractivity contribution is 6.07. The molecule has 4 rings (SSSR count). The number of rotatable bonds is 4. The minimum absolute atomic E-state index is 0.0882. The maximum atomic E-state index is 13.3. The topological polar surface area (TPSA) is 58.1 Å². The molecule has 0 aliphatic carbocycles. The van der Waals surface area contributed by atoms with Crippen molar-refractivity contribution in [3.63, 3.8) is 0 Å². The third-order valence-corrected chi connectivity index (χ3v) is 5.14. The lowest BCUT2D eigenvalue weighted by Crippen LogP contribution is -2.36. The molecule has 0 bridgehead atoms. The Hall–Kier alpha value is -3.21. The first kappa shape index (κ1) is 18.2. The fourth-order valence-electron chi connectivity index (χ4n) is 3.83. The van der Waals surface area contributed by atoms with Crippen LogP contribution in [-0.4, -0.2) is 21.9 Å². The van der Waals surface area contributed by atoms with Crippen LogP contribution in [0.25, 0.3) is 0 Å². The number of aryl methyl sites for hydroxylation is 2. The van der Waals surface area contributed by atoms with E-state index in [2.05, 4.69) is 41.3 Å². The minimum Gasteiger partial charge on any atom is -0.340 e. The molecule has 1 aliphatic heterocycles. The van der Waals surface area contributed by atoms with Gasteiger partial charge in [-0.05, 0) is 49.9 Å². The average molecular weight is 372 g/mol. The van der Waals surface area contributed by atoms with Crippen LogP contribution in [-0.2, 0) is 12.8 Å². The van der Waals surface area contributed by atoms with E-state index >= 15 is 0 Å². The number of hydrogen-bond donors (Lipinski definition) is 1. The summed E-state index contributed by atoms with van der Waals surface area (Å²) in [5, 5.41) is 3.36. The van der Waals surface area contributed by atoms with Crippen molar-refractivity contribution in [2.75, 3.05) is 10.2 Å². The maximum absolute atomic E-state index is 13.3. The highest BCUT2D eigenvalue weighted by atomic mass is 16.2. The number of carbonyl (C=O) groups is 1. The van der Waals surface area contributed by atoms with Crippen molar-refractivity contribution in [1.29, 1.82) is 0 Å². The summed E-state index contributed by atoms with van der Waals surface area (Å²) in [5.41, 5.74) is 4.79. The average Bonchev–Trinajstić information content (AvgIpc) is 3.03. The molecule has 5 nitrogen and oxygen atoms in total. The summed E-state index contributed by atoms with van der Waals surface area (Å²) in [6.45, 7) is 6.00. The Balaban J connectivity index is 1.67. The standard InChI is InChI=1S/C23H24N4O/c1-4-17-9-5-7-11-19(17)26-22-14-20(24-16(3)25-22)23(28)27-15(2)13-18-10-6-8-12-21(18)27/h5-12,14-15H,4,13H2,1-3H3,(H,24,25,26). The maximum Gasteiger partial charge on any atom is 0.277 e. The quantitative estimate of drug-likeness (QED) is 0.722. The van der Waals surface area contributed by atoms with E-state index in [-0.39, 0.29) is 11.9 Å². The van der Waals surface area contributed by atoms with Gasteiger partial charge >= 0.3 is 0 Å². The Labute approximate surface area is 165 Å². The summed E-state index contributed by atoms with van der Waals surface area (Å²) >= 11 is 0. The summed E-state index contributed by atoms with van der Waals surface area (Å²) in [5.74, 6) is 1.12. The second-order valence-electron chi connectivity index (χ2n) is 7.18. The molecule has 0 radical (unpaired) electrons. The minimum atomic E-state index is -0.0882. The van der Waals surface area contributed by atoms with Crippen LogP contribution in [0.4, 0.5) is 17.2 Å². The highest BCUT2D eigenvalue weighted by Gasteiger charge is 2.32. The normalized spacial score (nSPS) is 15.4. The molecule has 1 atom stereocenters. The molecule has 0 spiro atoms. The summed E-state index contributed by atoms with van der Waals surface area (Å²) in [6.07, 6.45) is 1.78. The summed E-state index contributed by atoms with van der Waals surface area (Å²) in [4.78, 5) is 24.1. The Bertz CT molecular complexity index is 1030. The zero-order valence-electron chi connectivity index (χ0n) is 16.4. The third-order valence-electron chi connectivity index (χ3n) is 5.14. The molecule has 2 heterocycles. The zero-order chi connectivity index (χ0) is 19.7. The van der Waals surface area contributed by atoms with Gasteiger partial charge in [0, 0.05) is 23.5 Å². The first-order valence-corrected chi connectivity index (χ1v) is 9.69. The van der Waals surface area contributed by atoms with Gasteiger partial charge in [0.2, 0.25) is 0 Å². The first-order chi connectivity index (χ1) is 13.6. The molecule has 3 aromatic rings. The number of aromatic nitrogens is 2. The van der Waals surface area contributed by atoms with E-state index in [9.17, 15) is 4.79 Å². The molecule has 1 N–H and O–H groups in total. The van der Waals surface area contributed by atoms with Gasteiger partial charge in [-0.25, -0.2) is 9.97 Å². The van der Waals surface area contributed by atoms with Crippen LogP contribution in [0, 0.1) is 6.92 Å². The molecule has 1 unspecified atom stereocenters. The number of benzene rings is 2. The van der Waals surface area contributed by atoms with Crippen molar-refractivity contribution in [3.8, 4) is 0 Å². The predicted octanol–water partition coefficient (Wildman–Crippen LogP) is 4.68. The lowest BCUT2D eigenvalue weighted by atomic mass is 10.1. The zero-order valence-corrected chi connectivity index (χ0v) is 16.4. The molecule has 1 aliphatic rings. The fraction of sp³-hybridized carbons (Fsp3) is 0.261. The number of fused-ring (bicyclic) bond motifs is 1. The number of nitrogens with one attached hydrogen (secondary N) is 1. The Morgan fingerprint density at radius 3 is 2.71 bits per heavy atom. The first-order valence-electron chi connectivity index (χ1n) is 9.69. The Morgan fingerprint density at radius 1 is 1.14 bits per heavy atom. The van der Waals surface area contributed by atoms with E-state index < -0.39 is 0 Å². The van der Waals surface area contributed by atoms with Crippen LogP contribution in [0.3, 0.4) is 0 Å². The van der Waals surface area contributed by atoms with Gasteiger partial charge in [-0.1, -0.05) is 43.3 Å². The summed E-state index contributed by atoms with van der Waals surface area (Å²) in [7, 11) is 0. The molecule has 0 fully saturated rings. The number of carbonyl (C=O) groups excluding carboxylic acids is 1. The van der Waals surface area contributed by atoms with Gasteiger partial charge in [0.25, 0.3) is 5.91 Å². The van der Waals surface area contributed by atoms with Crippen LogP contribution < -0.4 is 10.2 Å².